The Morgan fingerprint density at radius 1 is 0.913 bits per heavy atom. The van der Waals surface area contributed by atoms with Crippen molar-refractivity contribution in [2.75, 3.05) is 6.16 Å². The summed E-state index contributed by atoms with van der Waals surface area (Å²) >= 11 is 5.69. The zero-order valence-electron chi connectivity index (χ0n) is 12.9. The first-order chi connectivity index (χ1) is 11.0. The minimum absolute atomic E-state index is 0.0378. The minimum Gasteiger partial charge on any atom is -0.324 e. The van der Waals surface area contributed by atoms with Gasteiger partial charge in [0.2, 0.25) is 0 Å². The molecule has 3 rings (SSSR count). The molecule has 0 aliphatic rings. The van der Waals surface area contributed by atoms with Gasteiger partial charge in [0.25, 0.3) is 0 Å². The molecule has 3 heterocycles. The summed E-state index contributed by atoms with van der Waals surface area (Å²) in [6.45, 7) is 0. The molecule has 126 valence electrons. The molecule has 3 aromatic heterocycles. The van der Waals surface area contributed by atoms with E-state index in [0.29, 0.717) is 6.42 Å². The summed E-state index contributed by atoms with van der Waals surface area (Å²) in [6.07, 6.45) is 7.41. The third-order valence-corrected chi connectivity index (χ3v) is 8.46. The molecule has 3 nitrogen and oxygen atoms in total. The first-order valence-electron chi connectivity index (χ1n) is 7.96. The predicted octanol–water partition coefficient (Wildman–Crippen LogP) is 6.24. The molecule has 2 N–H and O–H groups in total. The van der Waals surface area contributed by atoms with Gasteiger partial charge in [0.15, 0.2) is 0 Å². The lowest BCUT2D eigenvalue weighted by atomic mass is 10.1. The Morgan fingerprint density at radius 2 is 1.65 bits per heavy atom. The van der Waals surface area contributed by atoms with Crippen molar-refractivity contribution in [3.8, 4) is 0 Å². The second-order valence-corrected chi connectivity index (χ2v) is 10.8. The largest absolute Gasteiger partial charge is 0.325 e. The van der Waals surface area contributed by atoms with Gasteiger partial charge in [0, 0.05) is 20.4 Å². The molecule has 0 aliphatic carbocycles. The minimum atomic E-state index is -3.79. The number of unbranched alkanes of at least 4 members (excludes halogenated alkanes) is 5. The third kappa shape index (κ3) is 4.88. The van der Waals surface area contributed by atoms with Crippen LogP contribution in [0.2, 0.25) is 0 Å². The number of rotatable bonds is 9. The first kappa shape index (κ1) is 17.6. The number of fused-ring (bicyclic) bond motifs is 3. The predicted molar refractivity (Wildman–Crippen MR) is 103 cm³/mol. The fourth-order valence-electron chi connectivity index (χ4n) is 2.77. The van der Waals surface area contributed by atoms with Crippen LogP contribution in [0.3, 0.4) is 0 Å². The molecule has 0 atom stereocenters. The number of hydrogen-bond acceptors (Lipinski definition) is 4. The maximum absolute atomic E-state index is 10.7. The fourth-order valence-corrected chi connectivity index (χ4v) is 7.23. The molecule has 0 aliphatic heterocycles. The summed E-state index contributed by atoms with van der Waals surface area (Å²) < 4.78 is 16.5. The van der Waals surface area contributed by atoms with Gasteiger partial charge in [-0.2, -0.15) is 0 Å². The van der Waals surface area contributed by atoms with E-state index in [4.69, 9.17) is 9.79 Å². The lowest BCUT2D eigenvalue weighted by molar-refractivity contribution is 0.370. The van der Waals surface area contributed by atoms with E-state index in [0.717, 1.165) is 25.7 Å². The highest BCUT2D eigenvalue weighted by molar-refractivity contribution is 7.51. The van der Waals surface area contributed by atoms with Gasteiger partial charge in [-0.25, -0.2) is 0 Å². The molecule has 0 fully saturated rings. The van der Waals surface area contributed by atoms with E-state index < -0.39 is 7.60 Å². The van der Waals surface area contributed by atoms with Crippen LogP contribution in [0.4, 0.5) is 0 Å². The zero-order chi connectivity index (χ0) is 16.3. The van der Waals surface area contributed by atoms with Crippen LogP contribution in [0.1, 0.15) is 43.4 Å². The van der Waals surface area contributed by atoms with Crippen molar-refractivity contribution in [2.45, 2.75) is 44.9 Å². The van der Waals surface area contributed by atoms with Crippen molar-refractivity contribution in [3.63, 3.8) is 0 Å². The molecular formula is C16H21O3PS3. The maximum Gasteiger partial charge on any atom is 0.325 e. The molecular weight excluding hydrogens is 367 g/mol. The molecule has 3 aromatic rings. The average molecular weight is 389 g/mol. The normalized spacial score (nSPS) is 12.6. The summed E-state index contributed by atoms with van der Waals surface area (Å²) in [4.78, 5) is 19.1. The molecule has 0 unspecified atom stereocenters. The van der Waals surface area contributed by atoms with Crippen molar-refractivity contribution in [1.29, 1.82) is 0 Å². The van der Waals surface area contributed by atoms with Crippen LogP contribution in [-0.4, -0.2) is 15.9 Å². The number of aryl methyl sites for hydroxylation is 1. The van der Waals surface area contributed by atoms with Crippen LogP contribution in [0.25, 0.3) is 18.8 Å². The van der Waals surface area contributed by atoms with Crippen LogP contribution in [0, 0.1) is 0 Å². The van der Waals surface area contributed by atoms with Gasteiger partial charge in [0.05, 0.1) is 9.40 Å². The van der Waals surface area contributed by atoms with Gasteiger partial charge >= 0.3 is 7.60 Å². The van der Waals surface area contributed by atoms with Crippen LogP contribution in [0.15, 0.2) is 17.5 Å². The monoisotopic (exact) mass is 388 g/mol. The summed E-state index contributed by atoms with van der Waals surface area (Å²) in [6, 6.07) is 4.57. The Balaban J connectivity index is 1.36. The van der Waals surface area contributed by atoms with E-state index in [1.165, 1.54) is 36.5 Å². The van der Waals surface area contributed by atoms with E-state index in [1.807, 2.05) is 34.0 Å². The molecule has 0 radical (unpaired) electrons. The SMILES string of the molecule is O=P(O)(O)CCCCCCCCc1cc2sc3ccsc3c2s1. The Labute approximate surface area is 148 Å². The Morgan fingerprint density at radius 3 is 2.43 bits per heavy atom. The molecule has 23 heavy (non-hydrogen) atoms. The summed E-state index contributed by atoms with van der Waals surface area (Å²) in [7, 11) is -3.79. The number of hydrogen-bond donors (Lipinski definition) is 2. The molecule has 0 amide bonds. The second kappa shape index (κ2) is 7.77. The van der Waals surface area contributed by atoms with Crippen LogP contribution in [0.5, 0.6) is 0 Å². The molecule has 0 spiro atoms. The highest BCUT2D eigenvalue weighted by Crippen LogP contribution is 2.42. The van der Waals surface area contributed by atoms with Crippen molar-refractivity contribution >= 4 is 60.4 Å². The van der Waals surface area contributed by atoms with E-state index in [-0.39, 0.29) is 6.16 Å². The Hall–Kier alpha value is -0.230. The Bertz CT molecular complexity index is 811. The van der Waals surface area contributed by atoms with Crippen LogP contribution < -0.4 is 0 Å². The highest BCUT2D eigenvalue weighted by atomic mass is 32.1. The van der Waals surface area contributed by atoms with Crippen LogP contribution in [-0.2, 0) is 11.0 Å². The lowest BCUT2D eigenvalue weighted by Crippen LogP contribution is -1.88. The molecule has 0 bridgehead atoms. The number of thiophene rings is 3. The van der Waals surface area contributed by atoms with Crippen molar-refractivity contribution < 1.29 is 14.4 Å². The summed E-state index contributed by atoms with van der Waals surface area (Å²) in [5.74, 6) is 0. The second-order valence-electron chi connectivity index (χ2n) is 5.88. The smallest absolute Gasteiger partial charge is 0.324 e. The third-order valence-electron chi connectivity index (χ3n) is 3.93. The van der Waals surface area contributed by atoms with E-state index in [1.54, 1.807) is 0 Å². The van der Waals surface area contributed by atoms with E-state index in [2.05, 4.69) is 17.5 Å². The van der Waals surface area contributed by atoms with Crippen molar-refractivity contribution in [1.82, 2.24) is 0 Å². The molecule has 7 heteroatoms. The molecule has 0 saturated carbocycles. The standard InChI is InChI=1S/C16H21O3PS3/c17-20(18,19)9-6-4-2-1-3-5-7-12-11-14-16(22-12)15-13(23-14)8-10-21-15/h8,10-11H,1-7,9H2,(H2,17,18,19). The van der Waals surface area contributed by atoms with E-state index >= 15 is 0 Å². The average Bonchev–Trinajstić information content (AvgIpc) is 3.12. The first-order valence-corrected chi connectivity index (χ1v) is 12.3. The van der Waals surface area contributed by atoms with Crippen LogP contribution >= 0.6 is 41.6 Å². The van der Waals surface area contributed by atoms with Gasteiger partial charge in [-0.05, 0) is 36.8 Å². The highest BCUT2D eigenvalue weighted by Gasteiger charge is 2.11. The van der Waals surface area contributed by atoms with Gasteiger partial charge in [-0.15, -0.1) is 34.0 Å². The van der Waals surface area contributed by atoms with Gasteiger partial charge in [0.1, 0.15) is 0 Å². The van der Waals surface area contributed by atoms with Gasteiger partial charge < -0.3 is 9.79 Å². The van der Waals surface area contributed by atoms with Gasteiger partial charge in [-0.3, -0.25) is 4.57 Å². The summed E-state index contributed by atoms with van der Waals surface area (Å²) in [5.41, 5.74) is 0. The van der Waals surface area contributed by atoms with Gasteiger partial charge in [-0.1, -0.05) is 25.7 Å². The summed E-state index contributed by atoms with van der Waals surface area (Å²) in [5, 5.41) is 2.17. The zero-order valence-corrected chi connectivity index (χ0v) is 16.2. The molecule has 0 aromatic carbocycles. The molecule has 0 saturated heterocycles. The van der Waals surface area contributed by atoms with Crippen molar-refractivity contribution in [3.05, 3.63) is 22.4 Å². The Kier molecular flexibility index (Phi) is 5.94. The quantitative estimate of drug-likeness (QED) is 0.337. The topological polar surface area (TPSA) is 57.5 Å². The lowest BCUT2D eigenvalue weighted by Gasteiger charge is -2.03. The van der Waals surface area contributed by atoms with Crippen molar-refractivity contribution in [2.24, 2.45) is 0 Å². The maximum atomic E-state index is 10.7. The fraction of sp³-hybridized carbons (Fsp3) is 0.500. The van der Waals surface area contributed by atoms with E-state index in [9.17, 15) is 4.57 Å².